The van der Waals surface area contributed by atoms with Gasteiger partial charge in [0.05, 0.1) is 13.3 Å². The van der Waals surface area contributed by atoms with Crippen molar-refractivity contribution in [3.63, 3.8) is 0 Å². The number of methoxy groups -OCH3 is 1. The van der Waals surface area contributed by atoms with Gasteiger partial charge in [-0.1, -0.05) is 18.2 Å². The first-order valence-corrected chi connectivity index (χ1v) is 8.32. The molecule has 0 saturated carbocycles. The zero-order valence-electron chi connectivity index (χ0n) is 13.9. The molecule has 1 fully saturated rings. The number of nitrogens with one attached hydrogen (secondary N) is 1. The van der Waals surface area contributed by atoms with Crippen LogP contribution in [0.5, 0.6) is 5.75 Å². The van der Waals surface area contributed by atoms with Gasteiger partial charge in [-0.05, 0) is 38.0 Å². The molecule has 2 heterocycles. The number of nitrogens with zero attached hydrogens (tertiary/aromatic N) is 2. The molecule has 1 aliphatic heterocycles. The Bertz CT molecular complexity index is 609. The van der Waals surface area contributed by atoms with Crippen LogP contribution in [0, 0.1) is 0 Å². The maximum atomic E-state index is 5.42. The van der Waals surface area contributed by atoms with E-state index in [0.29, 0.717) is 6.04 Å². The normalized spacial score (nSPS) is 17.0. The van der Waals surface area contributed by atoms with E-state index in [2.05, 4.69) is 52.5 Å². The van der Waals surface area contributed by atoms with Gasteiger partial charge < -0.3 is 15.0 Å². The van der Waals surface area contributed by atoms with Crippen LogP contribution in [0.1, 0.15) is 31.4 Å². The van der Waals surface area contributed by atoms with Crippen LogP contribution in [0.3, 0.4) is 0 Å². The maximum Gasteiger partial charge on any atom is 0.141 e. The fourth-order valence-electron chi connectivity index (χ4n) is 3.31. The van der Waals surface area contributed by atoms with Gasteiger partial charge in [0.15, 0.2) is 0 Å². The smallest absolute Gasteiger partial charge is 0.141 e. The first-order chi connectivity index (χ1) is 11.3. The summed E-state index contributed by atoms with van der Waals surface area (Å²) in [4.78, 5) is 6.60. The molecule has 1 unspecified atom stereocenters. The Morgan fingerprint density at radius 1 is 1.17 bits per heavy atom. The monoisotopic (exact) mass is 311 g/mol. The third kappa shape index (κ3) is 3.82. The number of benzene rings is 1. The summed E-state index contributed by atoms with van der Waals surface area (Å²) in [6.45, 7) is 4.39. The van der Waals surface area contributed by atoms with E-state index in [9.17, 15) is 0 Å². The van der Waals surface area contributed by atoms with Crippen molar-refractivity contribution in [1.29, 1.82) is 0 Å². The molecule has 1 aromatic carbocycles. The molecule has 1 aliphatic rings. The van der Waals surface area contributed by atoms with Gasteiger partial charge >= 0.3 is 0 Å². The van der Waals surface area contributed by atoms with Crippen molar-refractivity contribution in [1.82, 2.24) is 10.3 Å². The molecule has 4 nitrogen and oxygen atoms in total. The lowest BCUT2D eigenvalue weighted by Gasteiger charge is -2.35. The lowest BCUT2D eigenvalue weighted by atomic mass is 10.0. The van der Waals surface area contributed by atoms with Crippen LogP contribution >= 0.6 is 0 Å². The summed E-state index contributed by atoms with van der Waals surface area (Å²) in [5.41, 5.74) is 2.50. The largest absolute Gasteiger partial charge is 0.495 e. The molecule has 23 heavy (non-hydrogen) atoms. The molecule has 1 aromatic heterocycles. The quantitative estimate of drug-likeness (QED) is 0.918. The summed E-state index contributed by atoms with van der Waals surface area (Å²) in [6.07, 6.45) is 5.93. The SMILES string of the molecule is COc1cnccc1C(C)NC1CCN(c2ccccc2)CC1. The van der Waals surface area contributed by atoms with Crippen molar-refractivity contribution in [3.05, 3.63) is 54.4 Å². The molecule has 0 aliphatic carbocycles. The molecule has 1 N–H and O–H groups in total. The number of anilines is 1. The minimum atomic E-state index is 0.265. The predicted molar refractivity (Wildman–Crippen MR) is 94.0 cm³/mol. The summed E-state index contributed by atoms with van der Waals surface area (Å²) in [5, 5.41) is 3.75. The fourth-order valence-corrected chi connectivity index (χ4v) is 3.31. The maximum absolute atomic E-state index is 5.42. The van der Waals surface area contributed by atoms with Crippen molar-refractivity contribution in [2.75, 3.05) is 25.1 Å². The van der Waals surface area contributed by atoms with Gasteiger partial charge in [-0.3, -0.25) is 4.98 Å². The van der Waals surface area contributed by atoms with Crippen molar-refractivity contribution < 1.29 is 4.74 Å². The number of hydrogen-bond acceptors (Lipinski definition) is 4. The van der Waals surface area contributed by atoms with Crippen molar-refractivity contribution >= 4 is 5.69 Å². The van der Waals surface area contributed by atoms with E-state index in [1.807, 2.05) is 12.3 Å². The molecule has 1 saturated heterocycles. The fraction of sp³-hybridized carbons (Fsp3) is 0.421. The van der Waals surface area contributed by atoms with E-state index >= 15 is 0 Å². The van der Waals surface area contributed by atoms with Gasteiger partial charge in [-0.15, -0.1) is 0 Å². The summed E-state index contributed by atoms with van der Waals surface area (Å²) >= 11 is 0. The van der Waals surface area contributed by atoms with E-state index in [-0.39, 0.29) is 6.04 Å². The summed E-state index contributed by atoms with van der Waals surface area (Å²) in [5.74, 6) is 0.856. The summed E-state index contributed by atoms with van der Waals surface area (Å²) in [7, 11) is 1.70. The van der Waals surface area contributed by atoms with Crippen LogP contribution in [0.2, 0.25) is 0 Å². The Morgan fingerprint density at radius 3 is 2.61 bits per heavy atom. The lowest BCUT2D eigenvalue weighted by molar-refractivity contribution is 0.364. The summed E-state index contributed by atoms with van der Waals surface area (Å²) < 4.78 is 5.42. The van der Waals surface area contributed by atoms with Crippen molar-refractivity contribution in [2.24, 2.45) is 0 Å². The highest BCUT2D eigenvalue weighted by Gasteiger charge is 2.22. The number of ether oxygens (including phenoxy) is 1. The van der Waals surface area contributed by atoms with Crippen molar-refractivity contribution in [2.45, 2.75) is 31.8 Å². The van der Waals surface area contributed by atoms with Crippen LogP contribution in [0.25, 0.3) is 0 Å². The van der Waals surface area contributed by atoms with Gasteiger partial charge in [0.1, 0.15) is 5.75 Å². The second kappa shape index (κ2) is 7.47. The van der Waals surface area contributed by atoms with E-state index in [4.69, 9.17) is 4.74 Å². The van der Waals surface area contributed by atoms with E-state index in [0.717, 1.165) is 31.7 Å². The van der Waals surface area contributed by atoms with Gasteiger partial charge in [0.2, 0.25) is 0 Å². The number of pyridine rings is 1. The molecular formula is C19H25N3O. The molecule has 0 spiro atoms. The Kier molecular flexibility index (Phi) is 5.13. The minimum absolute atomic E-state index is 0.265. The number of aromatic nitrogens is 1. The average molecular weight is 311 g/mol. The molecule has 1 atom stereocenters. The first-order valence-electron chi connectivity index (χ1n) is 8.32. The third-order valence-electron chi connectivity index (χ3n) is 4.60. The number of para-hydroxylation sites is 1. The molecule has 0 bridgehead atoms. The second-order valence-electron chi connectivity index (χ2n) is 6.10. The van der Waals surface area contributed by atoms with E-state index in [1.165, 1.54) is 11.3 Å². The van der Waals surface area contributed by atoms with Gasteiger partial charge in [-0.2, -0.15) is 0 Å². The minimum Gasteiger partial charge on any atom is -0.495 e. The number of hydrogen-bond donors (Lipinski definition) is 1. The van der Waals surface area contributed by atoms with Crippen LogP contribution in [0.15, 0.2) is 48.8 Å². The zero-order valence-corrected chi connectivity index (χ0v) is 13.9. The van der Waals surface area contributed by atoms with Crippen molar-refractivity contribution in [3.8, 4) is 5.75 Å². The summed E-state index contributed by atoms with van der Waals surface area (Å²) in [6, 6.07) is 13.5. The lowest BCUT2D eigenvalue weighted by Crippen LogP contribution is -2.43. The zero-order chi connectivity index (χ0) is 16.1. The number of rotatable bonds is 5. The van der Waals surface area contributed by atoms with Gasteiger partial charge in [0, 0.05) is 42.6 Å². The molecule has 3 rings (SSSR count). The molecule has 4 heteroatoms. The van der Waals surface area contributed by atoms with Crippen LogP contribution in [0.4, 0.5) is 5.69 Å². The van der Waals surface area contributed by atoms with Crippen LogP contribution in [-0.2, 0) is 0 Å². The Balaban J connectivity index is 1.56. The van der Waals surface area contributed by atoms with E-state index in [1.54, 1.807) is 13.3 Å². The molecule has 0 radical (unpaired) electrons. The standard InChI is InChI=1S/C19H25N3O/c1-15(18-8-11-20-14-19(18)23-2)21-16-9-12-22(13-10-16)17-6-4-3-5-7-17/h3-8,11,14-16,21H,9-10,12-13H2,1-2H3. The van der Waals surface area contributed by atoms with E-state index < -0.39 is 0 Å². The molecule has 122 valence electrons. The topological polar surface area (TPSA) is 37.4 Å². The van der Waals surface area contributed by atoms with Gasteiger partial charge in [0.25, 0.3) is 0 Å². The van der Waals surface area contributed by atoms with Crippen LogP contribution < -0.4 is 15.0 Å². The second-order valence-corrected chi connectivity index (χ2v) is 6.10. The molecule has 2 aromatic rings. The first kappa shape index (κ1) is 15.8. The predicted octanol–water partition coefficient (Wildman–Crippen LogP) is 3.41. The Labute approximate surface area is 138 Å². The highest BCUT2D eigenvalue weighted by molar-refractivity contribution is 5.46. The van der Waals surface area contributed by atoms with Gasteiger partial charge in [-0.25, -0.2) is 0 Å². The molecule has 0 amide bonds. The average Bonchev–Trinajstić information content (AvgIpc) is 2.63. The molecular weight excluding hydrogens is 286 g/mol. The third-order valence-corrected chi connectivity index (χ3v) is 4.60. The Hall–Kier alpha value is -2.07. The highest BCUT2D eigenvalue weighted by atomic mass is 16.5. The Morgan fingerprint density at radius 2 is 1.91 bits per heavy atom. The number of piperidine rings is 1. The van der Waals surface area contributed by atoms with Crippen LogP contribution in [-0.4, -0.2) is 31.2 Å². The highest BCUT2D eigenvalue weighted by Crippen LogP contribution is 2.26.